The van der Waals surface area contributed by atoms with Crippen LogP contribution in [0.2, 0.25) is 0 Å². The number of thioether (sulfide) groups is 1. The number of nitrogens with one attached hydrogen (secondary N) is 1. The first-order chi connectivity index (χ1) is 9.32. The van der Waals surface area contributed by atoms with Gasteiger partial charge in [-0.05, 0) is 46.1 Å². The van der Waals surface area contributed by atoms with Crippen LogP contribution < -0.4 is 11.1 Å². The first-order valence-electron chi connectivity index (χ1n) is 7.07. The third-order valence-electron chi connectivity index (χ3n) is 3.75. The summed E-state index contributed by atoms with van der Waals surface area (Å²) in [7, 11) is 1.96. The Balaban J connectivity index is 2.07. The fourth-order valence-electron chi connectivity index (χ4n) is 2.95. The third kappa shape index (κ3) is 3.17. The summed E-state index contributed by atoms with van der Waals surface area (Å²) in [5.74, 6) is -0.226. The van der Waals surface area contributed by atoms with Gasteiger partial charge in [-0.25, -0.2) is 0 Å². The monoisotopic (exact) mass is 296 g/mol. The van der Waals surface area contributed by atoms with E-state index in [0.29, 0.717) is 5.25 Å². The second kappa shape index (κ2) is 5.77. The van der Waals surface area contributed by atoms with Crippen molar-refractivity contribution in [1.82, 2.24) is 15.1 Å². The van der Waals surface area contributed by atoms with Crippen LogP contribution in [0.15, 0.2) is 11.1 Å². The Bertz CT molecular complexity index is 499. The van der Waals surface area contributed by atoms with Crippen LogP contribution in [-0.2, 0) is 11.8 Å². The van der Waals surface area contributed by atoms with E-state index in [1.54, 1.807) is 11.8 Å². The first-order valence-corrected chi connectivity index (χ1v) is 7.95. The Hall–Kier alpha value is -1.01. The highest BCUT2D eigenvalue weighted by atomic mass is 32.2. The molecule has 1 heterocycles. The minimum atomic E-state index is -0.542. The molecule has 1 aliphatic carbocycles. The number of nitrogens with two attached hydrogens (primary N) is 1. The molecule has 3 N–H and O–H groups in total. The fraction of sp³-hybridized carbons (Fsp3) is 0.714. The molecule has 6 heteroatoms. The average molecular weight is 296 g/mol. The molecular weight excluding hydrogens is 272 g/mol. The molecule has 2 unspecified atom stereocenters. The Morgan fingerprint density at radius 3 is 2.85 bits per heavy atom. The SMILES string of the molecule is Cc1cc(SC2CCC(NC(C)C)(C(N)=O)C2)n(C)n1. The van der Waals surface area contributed by atoms with Crippen LogP contribution in [0, 0.1) is 6.92 Å². The van der Waals surface area contributed by atoms with Crippen molar-refractivity contribution in [1.29, 1.82) is 0 Å². The highest BCUT2D eigenvalue weighted by Crippen LogP contribution is 2.40. The van der Waals surface area contributed by atoms with Crippen molar-refractivity contribution in [2.75, 3.05) is 0 Å². The number of aromatic nitrogens is 2. The van der Waals surface area contributed by atoms with E-state index in [1.807, 2.05) is 18.7 Å². The molecule has 2 atom stereocenters. The lowest BCUT2D eigenvalue weighted by Crippen LogP contribution is -2.56. The number of hydrogen-bond donors (Lipinski definition) is 2. The molecule has 1 aliphatic rings. The number of amides is 1. The molecule has 0 aromatic carbocycles. The van der Waals surface area contributed by atoms with E-state index in [4.69, 9.17) is 5.73 Å². The van der Waals surface area contributed by atoms with E-state index in [2.05, 4.69) is 30.3 Å². The van der Waals surface area contributed by atoms with E-state index in [0.717, 1.165) is 30.0 Å². The number of carbonyl (C=O) groups is 1. The van der Waals surface area contributed by atoms with Gasteiger partial charge in [0, 0.05) is 18.3 Å². The standard InChI is InChI=1S/C14H24N4OS/c1-9(2)16-14(13(15)19)6-5-11(8-14)20-12-7-10(3)17-18(12)4/h7,9,11,16H,5-6,8H2,1-4H3,(H2,15,19). The lowest BCUT2D eigenvalue weighted by atomic mass is 9.96. The molecule has 20 heavy (non-hydrogen) atoms. The summed E-state index contributed by atoms with van der Waals surface area (Å²) < 4.78 is 1.90. The molecule has 2 rings (SSSR count). The summed E-state index contributed by atoms with van der Waals surface area (Å²) in [5.41, 5.74) is 6.12. The van der Waals surface area contributed by atoms with E-state index in [-0.39, 0.29) is 11.9 Å². The first kappa shape index (κ1) is 15.4. The van der Waals surface area contributed by atoms with Gasteiger partial charge in [0.05, 0.1) is 16.3 Å². The number of aryl methyl sites for hydroxylation is 2. The van der Waals surface area contributed by atoms with Gasteiger partial charge < -0.3 is 11.1 Å². The largest absolute Gasteiger partial charge is 0.368 e. The van der Waals surface area contributed by atoms with E-state index in [9.17, 15) is 4.79 Å². The van der Waals surface area contributed by atoms with Gasteiger partial charge in [-0.2, -0.15) is 5.10 Å². The summed E-state index contributed by atoms with van der Waals surface area (Å²) in [4.78, 5) is 11.9. The molecule has 1 amide bonds. The summed E-state index contributed by atoms with van der Waals surface area (Å²) in [6.45, 7) is 6.10. The number of nitrogens with zero attached hydrogens (tertiary/aromatic N) is 2. The highest BCUT2D eigenvalue weighted by Gasteiger charge is 2.44. The predicted octanol–water partition coefficient (Wildman–Crippen LogP) is 1.60. The Morgan fingerprint density at radius 2 is 2.35 bits per heavy atom. The molecule has 0 spiro atoms. The maximum atomic E-state index is 11.9. The normalized spacial score (nSPS) is 26.4. The second-order valence-corrected chi connectivity index (χ2v) is 7.30. The summed E-state index contributed by atoms with van der Waals surface area (Å²) >= 11 is 1.80. The zero-order valence-electron chi connectivity index (χ0n) is 12.6. The molecular formula is C14H24N4OS. The van der Waals surface area contributed by atoms with E-state index >= 15 is 0 Å². The van der Waals surface area contributed by atoms with Gasteiger partial charge in [0.15, 0.2) is 0 Å². The number of primary amides is 1. The van der Waals surface area contributed by atoms with Crippen LogP contribution in [-0.4, -0.2) is 32.5 Å². The Labute approximate surface area is 124 Å². The summed E-state index contributed by atoms with van der Waals surface area (Å²) in [6, 6.07) is 2.34. The van der Waals surface area contributed by atoms with Crippen molar-refractivity contribution in [3.05, 3.63) is 11.8 Å². The lowest BCUT2D eigenvalue weighted by molar-refractivity contribution is -0.124. The van der Waals surface area contributed by atoms with Gasteiger partial charge in [-0.3, -0.25) is 9.48 Å². The minimum absolute atomic E-state index is 0.226. The van der Waals surface area contributed by atoms with Gasteiger partial charge in [0.25, 0.3) is 0 Å². The zero-order valence-corrected chi connectivity index (χ0v) is 13.5. The van der Waals surface area contributed by atoms with Crippen LogP contribution >= 0.6 is 11.8 Å². The van der Waals surface area contributed by atoms with Gasteiger partial charge in [-0.1, -0.05) is 0 Å². The van der Waals surface area contributed by atoms with Crippen molar-refractivity contribution >= 4 is 17.7 Å². The molecule has 0 aliphatic heterocycles. The lowest BCUT2D eigenvalue weighted by Gasteiger charge is -2.29. The Kier molecular flexibility index (Phi) is 4.44. The average Bonchev–Trinajstić information content (AvgIpc) is 2.84. The van der Waals surface area contributed by atoms with E-state index in [1.165, 1.54) is 0 Å². The molecule has 5 nitrogen and oxygen atoms in total. The van der Waals surface area contributed by atoms with Gasteiger partial charge in [0.1, 0.15) is 0 Å². The van der Waals surface area contributed by atoms with Crippen molar-refractivity contribution in [3.8, 4) is 0 Å². The van der Waals surface area contributed by atoms with Crippen molar-refractivity contribution in [2.24, 2.45) is 12.8 Å². The van der Waals surface area contributed by atoms with Crippen LogP contribution in [0.5, 0.6) is 0 Å². The fourth-order valence-corrected chi connectivity index (χ4v) is 4.32. The molecule has 0 radical (unpaired) electrons. The van der Waals surface area contributed by atoms with Crippen LogP contribution in [0.1, 0.15) is 38.8 Å². The highest BCUT2D eigenvalue weighted by molar-refractivity contribution is 7.99. The molecule has 0 saturated heterocycles. The smallest absolute Gasteiger partial charge is 0.237 e. The third-order valence-corrected chi connectivity index (χ3v) is 5.11. The van der Waals surface area contributed by atoms with Gasteiger partial charge >= 0.3 is 0 Å². The van der Waals surface area contributed by atoms with Crippen molar-refractivity contribution in [2.45, 2.75) is 61.9 Å². The molecule has 112 valence electrons. The number of hydrogen-bond acceptors (Lipinski definition) is 4. The summed E-state index contributed by atoms with van der Waals surface area (Å²) in [5, 5.41) is 9.30. The molecule has 1 aromatic heterocycles. The number of rotatable bonds is 5. The van der Waals surface area contributed by atoms with Crippen LogP contribution in [0.25, 0.3) is 0 Å². The minimum Gasteiger partial charge on any atom is -0.368 e. The van der Waals surface area contributed by atoms with Gasteiger partial charge in [0.2, 0.25) is 5.91 Å². The maximum Gasteiger partial charge on any atom is 0.237 e. The quantitative estimate of drug-likeness (QED) is 0.865. The summed E-state index contributed by atoms with van der Waals surface area (Å²) in [6.07, 6.45) is 2.60. The van der Waals surface area contributed by atoms with Crippen molar-refractivity contribution in [3.63, 3.8) is 0 Å². The molecule has 1 fully saturated rings. The maximum absolute atomic E-state index is 11.9. The van der Waals surface area contributed by atoms with Gasteiger partial charge in [-0.15, -0.1) is 11.8 Å². The molecule has 1 saturated carbocycles. The van der Waals surface area contributed by atoms with Crippen molar-refractivity contribution < 1.29 is 4.79 Å². The van der Waals surface area contributed by atoms with Crippen LogP contribution in [0.3, 0.4) is 0 Å². The molecule has 0 bridgehead atoms. The van der Waals surface area contributed by atoms with E-state index < -0.39 is 5.54 Å². The Morgan fingerprint density at radius 1 is 1.65 bits per heavy atom. The topological polar surface area (TPSA) is 72.9 Å². The predicted molar refractivity (Wildman–Crippen MR) is 81.6 cm³/mol. The number of carbonyl (C=O) groups excluding carboxylic acids is 1. The molecule has 1 aromatic rings. The zero-order chi connectivity index (χ0) is 14.9. The van der Waals surface area contributed by atoms with Crippen LogP contribution in [0.4, 0.5) is 0 Å². The second-order valence-electron chi connectivity index (χ2n) is 5.98.